The molecule has 2 aliphatic heterocycles. The topological polar surface area (TPSA) is 128 Å². The zero-order valence-corrected chi connectivity index (χ0v) is 23.7. The summed E-state index contributed by atoms with van der Waals surface area (Å²) in [5.74, 6) is -2.04. The Morgan fingerprint density at radius 1 is 1.08 bits per heavy atom. The zero-order valence-electron chi connectivity index (χ0n) is 22.9. The van der Waals surface area contributed by atoms with Crippen LogP contribution >= 0.6 is 0 Å². The molecule has 3 N–H and O–H groups in total. The van der Waals surface area contributed by atoms with Crippen molar-refractivity contribution in [2.45, 2.75) is 76.2 Å². The Balaban J connectivity index is 1.58. The van der Waals surface area contributed by atoms with Gasteiger partial charge in [-0.15, -0.1) is 0 Å². The third-order valence-corrected chi connectivity index (χ3v) is 9.79. The first kappa shape index (κ1) is 29.4. The maximum absolute atomic E-state index is 14.1. The van der Waals surface area contributed by atoms with Gasteiger partial charge in [-0.2, -0.15) is 4.31 Å². The van der Waals surface area contributed by atoms with Crippen molar-refractivity contribution >= 4 is 27.7 Å². The first-order chi connectivity index (χ1) is 18.5. The van der Waals surface area contributed by atoms with E-state index in [0.717, 1.165) is 38.4 Å². The van der Waals surface area contributed by atoms with E-state index in [0.29, 0.717) is 18.5 Å². The number of likely N-dealkylation sites (N-methyl/N-ethyl adjacent to an activating group) is 1. The molecule has 5 atom stereocenters. The van der Waals surface area contributed by atoms with Gasteiger partial charge in [0.15, 0.2) is 0 Å². The molecule has 3 aliphatic rings. The van der Waals surface area contributed by atoms with Gasteiger partial charge in [0, 0.05) is 25.7 Å². The summed E-state index contributed by atoms with van der Waals surface area (Å²) in [4.78, 5) is 42.0. The number of hydrogen-bond donors (Lipinski definition) is 3. The maximum Gasteiger partial charge on any atom is 0.245 e. The van der Waals surface area contributed by atoms with Gasteiger partial charge in [0.1, 0.15) is 11.9 Å². The third kappa shape index (κ3) is 6.60. The fraction of sp³-hybridized carbons (Fsp3) is 0.667. The van der Waals surface area contributed by atoms with Gasteiger partial charge in [-0.1, -0.05) is 31.4 Å². The molecule has 0 aromatic heterocycles. The summed E-state index contributed by atoms with van der Waals surface area (Å²) in [6.07, 6.45) is 6.24. The quantitative estimate of drug-likeness (QED) is 0.410. The Hall–Kier alpha value is -2.57. The molecule has 39 heavy (non-hydrogen) atoms. The first-order valence-corrected chi connectivity index (χ1v) is 15.6. The molecule has 10 nitrogen and oxygen atoms in total. The number of sulfonamides is 1. The Bertz CT molecular complexity index is 1160. The van der Waals surface area contributed by atoms with Gasteiger partial charge in [0.25, 0.3) is 0 Å². The predicted octanol–water partition coefficient (Wildman–Crippen LogP) is 0.976. The van der Waals surface area contributed by atoms with Crippen LogP contribution in [0.5, 0.6) is 0 Å². The van der Waals surface area contributed by atoms with Crippen LogP contribution in [0.1, 0.15) is 51.0 Å². The number of carbonyl (C=O) groups excluding carboxylic acids is 3. The zero-order chi connectivity index (χ0) is 28.3. The summed E-state index contributed by atoms with van der Waals surface area (Å²) in [7, 11) is -1.94. The van der Waals surface area contributed by atoms with Crippen LogP contribution < -0.4 is 16.0 Å². The lowest BCUT2D eigenvalue weighted by Crippen LogP contribution is -2.58. The number of rotatable bonds is 9. The van der Waals surface area contributed by atoms with Gasteiger partial charge in [0.05, 0.1) is 24.3 Å². The molecule has 0 bridgehead atoms. The number of nitrogens with zero attached hydrogens (tertiary/aromatic N) is 2. The molecule has 0 radical (unpaired) electrons. The number of fused-ring (bicyclic) bond motifs is 1. The van der Waals surface area contributed by atoms with Crippen LogP contribution in [-0.4, -0.2) is 85.9 Å². The summed E-state index contributed by atoms with van der Waals surface area (Å²) in [6, 6.07) is 3.41. The van der Waals surface area contributed by atoms with E-state index in [4.69, 9.17) is 0 Å². The van der Waals surface area contributed by atoms with E-state index in [-0.39, 0.29) is 42.5 Å². The summed E-state index contributed by atoms with van der Waals surface area (Å²) < 4.78 is 39.9. The highest BCUT2D eigenvalue weighted by Crippen LogP contribution is 2.38. The van der Waals surface area contributed by atoms with Gasteiger partial charge in [-0.3, -0.25) is 14.4 Å². The summed E-state index contributed by atoms with van der Waals surface area (Å²) in [6.45, 7) is 2.17. The van der Waals surface area contributed by atoms with Gasteiger partial charge >= 0.3 is 0 Å². The van der Waals surface area contributed by atoms with Crippen molar-refractivity contribution in [3.05, 3.63) is 35.6 Å². The lowest BCUT2D eigenvalue weighted by Gasteiger charge is -2.36. The third-order valence-electron chi connectivity index (χ3n) is 8.52. The molecule has 0 unspecified atom stereocenters. The molecule has 1 saturated carbocycles. The second-order valence-corrected chi connectivity index (χ2v) is 13.0. The molecule has 3 fully saturated rings. The highest BCUT2D eigenvalue weighted by molar-refractivity contribution is 7.88. The van der Waals surface area contributed by atoms with Crippen molar-refractivity contribution in [3.63, 3.8) is 0 Å². The van der Waals surface area contributed by atoms with Gasteiger partial charge < -0.3 is 20.9 Å². The van der Waals surface area contributed by atoms with Crippen molar-refractivity contribution in [2.24, 2.45) is 11.8 Å². The van der Waals surface area contributed by atoms with Crippen LogP contribution in [0, 0.1) is 17.7 Å². The summed E-state index contributed by atoms with van der Waals surface area (Å²) >= 11 is 0. The number of benzene rings is 1. The first-order valence-electron chi connectivity index (χ1n) is 13.8. The monoisotopic (exact) mass is 565 g/mol. The number of amides is 3. The average Bonchev–Trinajstić information content (AvgIpc) is 3.51. The highest BCUT2D eigenvalue weighted by Gasteiger charge is 2.56. The van der Waals surface area contributed by atoms with Crippen molar-refractivity contribution < 1.29 is 27.2 Å². The second-order valence-electron chi connectivity index (χ2n) is 11.1. The molecule has 0 spiro atoms. The number of carbonyl (C=O) groups is 3. The van der Waals surface area contributed by atoms with E-state index >= 15 is 0 Å². The van der Waals surface area contributed by atoms with Crippen LogP contribution in [0.15, 0.2) is 24.3 Å². The summed E-state index contributed by atoms with van der Waals surface area (Å²) in [5, 5.41) is 8.74. The van der Waals surface area contributed by atoms with Crippen molar-refractivity contribution in [2.75, 3.05) is 26.4 Å². The fourth-order valence-corrected chi connectivity index (χ4v) is 7.42. The van der Waals surface area contributed by atoms with Crippen LogP contribution in [-0.2, 0) is 31.0 Å². The Labute approximate surface area is 230 Å². The predicted molar refractivity (Wildman–Crippen MR) is 144 cm³/mol. The average molecular weight is 566 g/mol. The smallest absolute Gasteiger partial charge is 0.245 e. The summed E-state index contributed by atoms with van der Waals surface area (Å²) in [5.41, 5.74) is 0.706. The normalized spacial score (nSPS) is 25.6. The van der Waals surface area contributed by atoms with Crippen molar-refractivity contribution in [3.8, 4) is 0 Å². The minimum atomic E-state index is -3.62. The molecule has 2 saturated heterocycles. The minimum absolute atomic E-state index is 0.0172. The largest absolute Gasteiger partial charge is 0.352 e. The van der Waals surface area contributed by atoms with Gasteiger partial charge in [0.2, 0.25) is 27.7 Å². The van der Waals surface area contributed by atoms with Crippen LogP contribution in [0.25, 0.3) is 0 Å². The van der Waals surface area contributed by atoms with Crippen LogP contribution in [0.3, 0.4) is 0 Å². The molecule has 1 aromatic rings. The van der Waals surface area contributed by atoms with Gasteiger partial charge in [-0.25, -0.2) is 12.8 Å². The molecule has 2 heterocycles. The lowest BCUT2D eigenvalue weighted by atomic mass is 9.83. The molecular weight excluding hydrogens is 525 g/mol. The fourth-order valence-electron chi connectivity index (χ4n) is 6.27. The number of nitrogens with one attached hydrogen (secondary N) is 3. The molecule has 12 heteroatoms. The number of halogens is 1. The van der Waals surface area contributed by atoms with Crippen molar-refractivity contribution in [1.29, 1.82) is 0 Å². The van der Waals surface area contributed by atoms with E-state index in [2.05, 4.69) is 16.0 Å². The SMILES string of the molecule is CN[C@@H](C)C(=O)N[C@H](C(=O)N1CC[C@@H]2[C@H]1[C@@H](C(=O)NCc1ccc(F)cc1)CN2S(C)(=O)=O)C1CCCCC1. The number of likely N-dealkylation sites (tertiary alicyclic amines) is 1. The van der Waals surface area contributed by atoms with E-state index in [1.165, 1.54) is 16.4 Å². The van der Waals surface area contributed by atoms with E-state index in [9.17, 15) is 27.2 Å². The molecule has 216 valence electrons. The van der Waals surface area contributed by atoms with E-state index in [1.807, 2.05) is 0 Å². The van der Waals surface area contributed by atoms with Crippen LogP contribution in [0.4, 0.5) is 4.39 Å². The maximum atomic E-state index is 14.1. The molecule has 1 aliphatic carbocycles. The highest BCUT2D eigenvalue weighted by atomic mass is 32.2. The standard InChI is InChI=1S/C27H40FN5O5S/c1-17(29-2)25(34)31-23(19-7-5-4-6-8-19)27(36)32-14-13-22-24(32)21(16-33(22)39(3,37)38)26(35)30-15-18-9-11-20(28)12-10-18/h9-12,17,19,21-24,29H,4-8,13-16H2,1-3H3,(H,30,35)(H,31,34)/t17-,21-,22+,23-,24+/m0/s1. The number of hydrogen-bond acceptors (Lipinski definition) is 6. The minimum Gasteiger partial charge on any atom is -0.352 e. The second kappa shape index (κ2) is 12.3. The van der Waals surface area contributed by atoms with Crippen molar-refractivity contribution in [1.82, 2.24) is 25.2 Å². The van der Waals surface area contributed by atoms with Crippen LogP contribution in [0.2, 0.25) is 0 Å². The molecule has 1 aromatic carbocycles. The van der Waals surface area contributed by atoms with E-state index in [1.54, 1.807) is 31.0 Å². The van der Waals surface area contributed by atoms with E-state index < -0.39 is 40.1 Å². The Kier molecular flexibility index (Phi) is 9.28. The lowest BCUT2D eigenvalue weighted by molar-refractivity contribution is -0.141. The molecule has 4 rings (SSSR count). The Morgan fingerprint density at radius 2 is 1.74 bits per heavy atom. The molecule has 3 amide bonds. The van der Waals surface area contributed by atoms with Gasteiger partial charge in [-0.05, 0) is 56.8 Å². The molecular formula is C27H40FN5O5S. The Morgan fingerprint density at radius 3 is 2.36 bits per heavy atom.